The van der Waals surface area contributed by atoms with Crippen LogP contribution in [0, 0.1) is 0 Å². The standard InChI is InChI=1S/C27H21ClN2O5/c1-34-27(33)18-8-6-17(7-9-18)16-35-25-13-11-20(21-4-2-3-5-22(21)25)15-29-30-26(32)19-10-12-24(31)23(28)14-19/h2-15,31H,16H2,1H3,(H,30,32). The van der Waals surface area contributed by atoms with Gasteiger partial charge in [0.2, 0.25) is 0 Å². The van der Waals surface area contributed by atoms with E-state index in [0.29, 0.717) is 17.9 Å². The molecule has 0 aliphatic carbocycles. The number of nitrogens with zero attached hydrogens (tertiary/aromatic N) is 1. The second kappa shape index (κ2) is 10.7. The minimum atomic E-state index is -0.453. The van der Waals surface area contributed by atoms with E-state index in [4.69, 9.17) is 21.1 Å². The average Bonchev–Trinajstić information content (AvgIpc) is 2.89. The van der Waals surface area contributed by atoms with Gasteiger partial charge in [0.25, 0.3) is 5.91 Å². The minimum Gasteiger partial charge on any atom is -0.506 e. The lowest BCUT2D eigenvalue weighted by atomic mass is 10.0. The van der Waals surface area contributed by atoms with E-state index < -0.39 is 5.91 Å². The first-order valence-electron chi connectivity index (χ1n) is 10.6. The van der Waals surface area contributed by atoms with E-state index in [0.717, 1.165) is 21.9 Å². The van der Waals surface area contributed by atoms with E-state index in [1.165, 1.54) is 25.3 Å². The highest BCUT2D eigenvalue weighted by Gasteiger charge is 2.09. The molecule has 4 rings (SSSR count). The van der Waals surface area contributed by atoms with Crippen LogP contribution in [0.2, 0.25) is 5.02 Å². The predicted octanol–water partition coefficient (Wildman–Crippen LogP) is 5.33. The second-order valence-corrected chi connectivity index (χ2v) is 7.95. The Morgan fingerprint density at radius 1 is 0.971 bits per heavy atom. The minimum absolute atomic E-state index is 0.0858. The highest BCUT2D eigenvalue weighted by Crippen LogP contribution is 2.29. The summed E-state index contributed by atoms with van der Waals surface area (Å²) in [4.78, 5) is 23.9. The molecule has 2 N–H and O–H groups in total. The van der Waals surface area contributed by atoms with Crippen LogP contribution in [0.15, 0.2) is 84.0 Å². The molecule has 0 bridgehead atoms. The van der Waals surface area contributed by atoms with Crippen molar-refractivity contribution in [3.8, 4) is 11.5 Å². The summed E-state index contributed by atoms with van der Waals surface area (Å²) >= 11 is 5.86. The van der Waals surface area contributed by atoms with Crippen molar-refractivity contribution in [1.29, 1.82) is 0 Å². The quantitative estimate of drug-likeness (QED) is 0.208. The van der Waals surface area contributed by atoms with Gasteiger partial charge in [-0.2, -0.15) is 5.10 Å². The molecule has 0 aromatic heterocycles. The van der Waals surface area contributed by atoms with Crippen LogP contribution >= 0.6 is 11.6 Å². The molecule has 0 fully saturated rings. The Balaban J connectivity index is 1.48. The molecule has 0 saturated heterocycles. The van der Waals surface area contributed by atoms with Gasteiger partial charge >= 0.3 is 5.97 Å². The number of phenols is 1. The van der Waals surface area contributed by atoms with Gasteiger partial charge in [-0.3, -0.25) is 4.79 Å². The van der Waals surface area contributed by atoms with E-state index >= 15 is 0 Å². The molecule has 0 heterocycles. The number of aromatic hydroxyl groups is 1. The van der Waals surface area contributed by atoms with Gasteiger partial charge in [0.05, 0.1) is 23.9 Å². The largest absolute Gasteiger partial charge is 0.506 e. The number of carbonyl (C=O) groups is 2. The van der Waals surface area contributed by atoms with E-state index in [9.17, 15) is 14.7 Å². The number of hydrogen-bond donors (Lipinski definition) is 2. The molecular weight excluding hydrogens is 468 g/mol. The molecule has 0 atom stereocenters. The van der Waals surface area contributed by atoms with Crippen LogP contribution in [0.5, 0.6) is 11.5 Å². The lowest BCUT2D eigenvalue weighted by molar-refractivity contribution is 0.0600. The topological polar surface area (TPSA) is 97.2 Å². The van der Waals surface area contributed by atoms with Crippen molar-refractivity contribution in [3.63, 3.8) is 0 Å². The summed E-state index contributed by atoms with van der Waals surface area (Å²) in [5.41, 5.74) is 4.91. The maximum absolute atomic E-state index is 12.3. The lowest BCUT2D eigenvalue weighted by Crippen LogP contribution is -2.17. The number of halogens is 1. The Morgan fingerprint density at radius 2 is 1.69 bits per heavy atom. The van der Waals surface area contributed by atoms with Crippen molar-refractivity contribution in [2.75, 3.05) is 7.11 Å². The van der Waals surface area contributed by atoms with Crippen molar-refractivity contribution in [2.24, 2.45) is 5.10 Å². The smallest absolute Gasteiger partial charge is 0.337 e. The third kappa shape index (κ3) is 5.59. The third-order valence-electron chi connectivity index (χ3n) is 5.27. The number of hydrazone groups is 1. The molecule has 4 aromatic carbocycles. The molecular formula is C27H21ClN2O5. The van der Waals surface area contributed by atoms with Gasteiger partial charge in [-0.05, 0) is 53.4 Å². The molecule has 0 unspecified atom stereocenters. The van der Waals surface area contributed by atoms with E-state index in [1.54, 1.807) is 18.3 Å². The highest BCUT2D eigenvalue weighted by atomic mass is 35.5. The summed E-state index contributed by atoms with van der Waals surface area (Å²) in [6, 6.07) is 22.6. The fourth-order valence-corrected chi connectivity index (χ4v) is 3.60. The van der Waals surface area contributed by atoms with Gasteiger partial charge < -0.3 is 14.6 Å². The fraction of sp³-hybridized carbons (Fsp3) is 0.0741. The number of phenolic OH excluding ortho intramolecular Hbond substituents is 1. The number of carbonyl (C=O) groups excluding carboxylic acids is 2. The molecule has 7 nitrogen and oxygen atoms in total. The zero-order valence-electron chi connectivity index (χ0n) is 18.7. The maximum Gasteiger partial charge on any atom is 0.337 e. The first-order valence-corrected chi connectivity index (χ1v) is 11.0. The molecule has 0 aliphatic rings. The first kappa shape index (κ1) is 23.8. The first-order chi connectivity index (χ1) is 17.0. The number of nitrogens with one attached hydrogen (secondary N) is 1. The van der Waals surface area contributed by atoms with Crippen molar-refractivity contribution >= 4 is 40.5 Å². The maximum atomic E-state index is 12.3. The van der Waals surface area contributed by atoms with Crippen molar-refractivity contribution in [2.45, 2.75) is 6.61 Å². The summed E-state index contributed by atoms with van der Waals surface area (Å²) < 4.78 is 10.8. The van der Waals surface area contributed by atoms with Crippen molar-refractivity contribution < 1.29 is 24.2 Å². The van der Waals surface area contributed by atoms with E-state index in [1.807, 2.05) is 48.5 Å². The fourth-order valence-electron chi connectivity index (χ4n) is 3.42. The van der Waals surface area contributed by atoms with Crippen LogP contribution in [-0.2, 0) is 11.3 Å². The van der Waals surface area contributed by atoms with Gasteiger partial charge in [0, 0.05) is 16.5 Å². The number of ether oxygens (including phenoxy) is 2. The van der Waals surface area contributed by atoms with Crippen LogP contribution < -0.4 is 10.2 Å². The Hall–Kier alpha value is -4.36. The van der Waals surface area contributed by atoms with Gasteiger partial charge in [-0.1, -0.05) is 48.0 Å². The Bertz CT molecular complexity index is 1420. The van der Waals surface area contributed by atoms with Crippen LogP contribution in [-0.4, -0.2) is 30.3 Å². The summed E-state index contributed by atoms with van der Waals surface area (Å²) in [6.45, 7) is 0.324. The van der Waals surface area contributed by atoms with Crippen LogP contribution in [0.4, 0.5) is 0 Å². The summed E-state index contributed by atoms with van der Waals surface area (Å²) in [5.74, 6) is -0.245. The van der Waals surface area contributed by atoms with Crippen LogP contribution in [0.3, 0.4) is 0 Å². The molecule has 176 valence electrons. The monoisotopic (exact) mass is 488 g/mol. The molecule has 0 spiro atoms. The zero-order valence-corrected chi connectivity index (χ0v) is 19.5. The van der Waals surface area contributed by atoms with Crippen LogP contribution in [0.1, 0.15) is 31.8 Å². The number of amides is 1. The predicted molar refractivity (Wildman–Crippen MR) is 134 cm³/mol. The Kier molecular flexibility index (Phi) is 7.28. The lowest BCUT2D eigenvalue weighted by Gasteiger charge is -2.11. The number of methoxy groups -OCH3 is 1. The summed E-state index contributed by atoms with van der Waals surface area (Å²) in [5, 5.41) is 15.4. The molecule has 1 amide bonds. The summed E-state index contributed by atoms with van der Waals surface area (Å²) in [6.07, 6.45) is 1.55. The number of hydrogen-bond acceptors (Lipinski definition) is 6. The van der Waals surface area contributed by atoms with Crippen molar-refractivity contribution in [1.82, 2.24) is 5.43 Å². The van der Waals surface area contributed by atoms with E-state index in [-0.39, 0.29) is 22.3 Å². The molecule has 8 heteroatoms. The Morgan fingerprint density at radius 3 is 2.40 bits per heavy atom. The third-order valence-corrected chi connectivity index (χ3v) is 5.57. The van der Waals surface area contributed by atoms with Gasteiger partial charge in [-0.15, -0.1) is 0 Å². The number of fused-ring (bicyclic) bond motifs is 1. The number of benzene rings is 4. The molecule has 0 saturated carbocycles. The second-order valence-electron chi connectivity index (χ2n) is 7.54. The van der Waals surface area contributed by atoms with Gasteiger partial charge in [-0.25, -0.2) is 10.2 Å². The van der Waals surface area contributed by atoms with E-state index in [2.05, 4.69) is 10.5 Å². The SMILES string of the molecule is COC(=O)c1ccc(COc2ccc(C=NNC(=O)c3ccc(O)c(Cl)c3)c3ccccc23)cc1. The Labute approximate surface area is 206 Å². The molecule has 0 radical (unpaired) electrons. The zero-order chi connectivity index (χ0) is 24.8. The molecule has 4 aromatic rings. The number of esters is 1. The molecule has 35 heavy (non-hydrogen) atoms. The number of rotatable bonds is 7. The highest BCUT2D eigenvalue weighted by molar-refractivity contribution is 6.32. The van der Waals surface area contributed by atoms with Crippen LogP contribution in [0.25, 0.3) is 10.8 Å². The van der Waals surface area contributed by atoms with Gasteiger partial charge in [0.1, 0.15) is 18.1 Å². The summed E-state index contributed by atoms with van der Waals surface area (Å²) in [7, 11) is 1.35. The normalized spacial score (nSPS) is 10.9. The molecule has 0 aliphatic heterocycles. The average molecular weight is 489 g/mol. The van der Waals surface area contributed by atoms with Crippen molar-refractivity contribution in [3.05, 3.63) is 106 Å². The van der Waals surface area contributed by atoms with Gasteiger partial charge in [0.15, 0.2) is 0 Å².